The summed E-state index contributed by atoms with van der Waals surface area (Å²) < 4.78 is 4.54. The van der Waals surface area contributed by atoms with Gasteiger partial charge >= 0.3 is 6.16 Å². The van der Waals surface area contributed by atoms with E-state index in [-0.39, 0.29) is 0 Å². The van der Waals surface area contributed by atoms with Crippen molar-refractivity contribution in [2.24, 2.45) is 0 Å². The zero-order valence-corrected chi connectivity index (χ0v) is 16.6. The van der Waals surface area contributed by atoms with Crippen molar-refractivity contribution in [1.82, 2.24) is 0 Å². The summed E-state index contributed by atoms with van der Waals surface area (Å²) >= 11 is 0. The molecule has 0 aliphatic rings. The van der Waals surface area contributed by atoms with Crippen molar-refractivity contribution in [1.29, 1.82) is 0 Å². The highest BCUT2D eigenvalue weighted by Crippen LogP contribution is 2.33. The van der Waals surface area contributed by atoms with Crippen molar-refractivity contribution in [2.75, 3.05) is 6.61 Å². The van der Waals surface area contributed by atoms with Crippen LogP contribution in [0.3, 0.4) is 0 Å². The Balaban J connectivity index is 1.84. The lowest BCUT2D eigenvalue weighted by molar-refractivity contribution is 0.0899. The van der Waals surface area contributed by atoms with Crippen molar-refractivity contribution < 1.29 is 14.6 Å². The van der Waals surface area contributed by atoms with E-state index in [0.29, 0.717) is 12.5 Å². The predicted molar refractivity (Wildman–Crippen MR) is 110 cm³/mol. The number of ether oxygens (including phenoxy) is 1. The van der Waals surface area contributed by atoms with Gasteiger partial charge in [0.15, 0.2) is 0 Å². The third kappa shape index (κ3) is 7.09. The van der Waals surface area contributed by atoms with Crippen molar-refractivity contribution in [3.63, 3.8) is 0 Å². The Kier molecular flexibility index (Phi) is 8.90. The Labute approximate surface area is 163 Å². The molecular formula is C24H32O3. The molecule has 0 aliphatic carbocycles. The lowest BCUT2D eigenvalue weighted by Crippen LogP contribution is -2.04. The molecule has 0 fully saturated rings. The summed E-state index contributed by atoms with van der Waals surface area (Å²) in [6, 6.07) is 17.5. The minimum atomic E-state index is -1.17. The van der Waals surface area contributed by atoms with Crippen LogP contribution in [0.15, 0.2) is 48.5 Å². The number of benzene rings is 2. The molecule has 0 radical (unpaired) electrons. The van der Waals surface area contributed by atoms with E-state index in [0.717, 1.165) is 25.7 Å². The van der Waals surface area contributed by atoms with Crippen LogP contribution in [0.5, 0.6) is 0 Å². The predicted octanol–water partition coefficient (Wildman–Crippen LogP) is 6.86. The van der Waals surface area contributed by atoms with Gasteiger partial charge in [0, 0.05) is 5.92 Å². The van der Waals surface area contributed by atoms with Crippen molar-refractivity contribution in [3.05, 3.63) is 70.8 Å². The summed E-state index contributed by atoms with van der Waals surface area (Å²) in [5.41, 5.74) is 5.62. The van der Waals surface area contributed by atoms with Gasteiger partial charge in [0.1, 0.15) is 0 Å². The molecule has 2 aromatic carbocycles. The Morgan fingerprint density at radius 1 is 0.889 bits per heavy atom. The van der Waals surface area contributed by atoms with Gasteiger partial charge in [0.05, 0.1) is 6.61 Å². The summed E-state index contributed by atoms with van der Waals surface area (Å²) in [5.74, 6) is 0.454. The van der Waals surface area contributed by atoms with Gasteiger partial charge in [-0.3, -0.25) is 0 Å². The van der Waals surface area contributed by atoms with Gasteiger partial charge in [-0.05, 0) is 48.9 Å². The number of carboxylic acid groups (broad SMARTS) is 1. The third-order valence-corrected chi connectivity index (χ3v) is 5.34. The molecule has 2 rings (SSSR count). The summed E-state index contributed by atoms with van der Waals surface area (Å²) in [4.78, 5) is 10.3. The highest BCUT2D eigenvalue weighted by molar-refractivity contribution is 5.56. The number of carbonyl (C=O) groups is 1. The number of rotatable bonds is 11. The fourth-order valence-electron chi connectivity index (χ4n) is 3.66. The summed E-state index contributed by atoms with van der Waals surface area (Å²) in [6.07, 6.45) is 6.61. The van der Waals surface area contributed by atoms with E-state index in [1.165, 1.54) is 41.5 Å². The van der Waals surface area contributed by atoms with E-state index in [2.05, 4.69) is 67.1 Å². The van der Waals surface area contributed by atoms with Crippen LogP contribution >= 0.6 is 0 Å². The zero-order valence-electron chi connectivity index (χ0n) is 16.6. The van der Waals surface area contributed by atoms with E-state index in [1.54, 1.807) is 0 Å². The normalized spacial score (nSPS) is 11.9. The van der Waals surface area contributed by atoms with Crippen LogP contribution in [0.4, 0.5) is 4.79 Å². The maximum atomic E-state index is 10.3. The smallest absolute Gasteiger partial charge is 0.450 e. The summed E-state index contributed by atoms with van der Waals surface area (Å²) in [5, 5.41) is 8.44. The first-order valence-electron chi connectivity index (χ1n) is 10.1. The number of unbranched alkanes of at least 4 members (excludes halogenated alkanes) is 5. The second-order valence-corrected chi connectivity index (χ2v) is 7.28. The maximum Gasteiger partial charge on any atom is 0.505 e. The van der Waals surface area contributed by atoms with Gasteiger partial charge in [-0.15, -0.1) is 0 Å². The fourth-order valence-corrected chi connectivity index (χ4v) is 3.66. The molecule has 146 valence electrons. The molecule has 3 heteroatoms. The Morgan fingerprint density at radius 2 is 1.56 bits per heavy atom. The molecule has 0 saturated heterocycles. The van der Waals surface area contributed by atoms with Crippen LogP contribution in [0.25, 0.3) is 0 Å². The molecule has 1 N–H and O–H groups in total. The Hall–Kier alpha value is -2.29. The van der Waals surface area contributed by atoms with Crippen LogP contribution in [-0.2, 0) is 4.74 Å². The monoisotopic (exact) mass is 368 g/mol. The number of hydrogen-bond acceptors (Lipinski definition) is 2. The Morgan fingerprint density at radius 3 is 2.26 bits per heavy atom. The van der Waals surface area contributed by atoms with Gasteiger partial charge in [-0.25, -0.2) is 4.79 Å². The Bertz CT molecular complexity index is 694. The highest BCUT2D eigenvalue weighted by Gasteiger charge is 2.16. The molecular weight excluding hydrogens is 336 g/mol. The average Bonchev–Trinajstić information content (AvgIpc) is 2.66. The van der Waals surface area contributed by atoms with Crippen LogP contribution in [0, 0.1) is 13.8 Å². The van der Waals surface area contributed by atoms with E-state index in [1.807, 2.05) is 0 Å². The minimum absolute atomic E-state index is 0.318. The molecule has 1 unspecified atom stereocenters. The first-order valence-corrected chi connectivity index (χ1v) is 10.1. The SMILES string of the molecule is Cc1cccc(C(CCCCCCCCOC(=O)O)c2ccccc2)c1C. The van der Waals surface area contributed by atoms with E-state index in [9.17, 15) is 4.79 Å². The number of aryl methyl sites for hydroxylation is 1. The minimum Gasteiger partial charge on any atom is -0.450 e. The van der Waals surface area contributed by atoms with Gasteiger partial charge in [0.2, 0.25) is 0 Å². The molecule has 0 heterocycles. The van der Waals surface area contributed by atoms with Gasteiger partial charge in [0.25, 0.3) is 0 Å². The van der Waals surface area contributed by atoms with Gasteiger partial charge < -0.3 is 9.84 Å². The second-order valence-electron chi connectivity index (χ2n) is 7.28. The first kappa shape index (κ1) is 21.0. The van der Waals surface area contributed by atoms with Crippen molar-refractivity contribution in [2.45, 2.75) is 64.7 Å². The third-order valence-electron chi connectivity index (χ3n) is 5.34. The molecule has 3 nitrogen and oxygen atoms in total. The van der Waals surface area contributed by atoms with Crippen LogP contribution in [0.2, 0.25) is 0 Å². The number of hydrogen-bond donors (Lipinski definition) is 1. The molecule has 0 aromatic heterocycles. The lowest BCUT2D eigenvalue weighted by Gasteiger charge is -2.21. The fraction of sp³-hybridized carbons (Fsp3) is 0.458. The summed E-state index contributed by atoms with van der Waals surface area (Å²) in [6.45, 7) is 4.74. The second kappa shape index (κ2) is 11.4. The first-order chi connectivity index (χ1) is 13.1. The topological polar surface area (TPSA) is 46.5 Å². The van der Waals surface area contributed by atoms with Crippen LogP contribution < -0.4 is 0 Å². The summed E-state index contributed by atoms with van der Waals surface area (Å²) in [7, 11) is 0. The quantitative estimate of drug-likeness (QED) is 0.348. The standard InChI is InChI=1S/C24H32O3/c1-19-13-12-17-22(20(19)2)23(21-14-8-7-9-15-21)16-10-5-3-4-6-11-18-27-24(25)26/h7-9,12-15,17,23H,3-6,10-11,16,18H2,1-2H3,(H,25,26). The van der Waals surface area contributed by atoms with Gasteiger partial charge in [-0.1, -0.05) is 80.6 Å². The zero-order chi connectivity index (χ0) is 19.5. The van der Waals surface area contributed by atoms with Crippen LogP contribution in [0.1, 0.15) is 73.1 Å². The van der Waals surface area contributed by atoms with Crippen molar-refractivity contribution >= 4 is 6.16 Å². The molecule has 0 aliphatic heterocycles. The van der Waals surface area contributed by atoms with Crippen LogP contribution in [-0.4, -0.2) is 17.9 Å². The molecule has 1 atom stereocenters. The highest BCUT2D eigenvalue weighted by atomic mass is 16.7. The van der Waals surface area contributed by atoms with Gasteiger partial charge in [-0.2, -0.15) is 0 Å². The van der Waals surface area contributed by atoms with E-state index in [4.69, 9.17) is 5.11 Å². The average molecular weight is 369 g/mol. The molecule has 27 heavy (non-hydrogen) atoms. The molecule has 2 aromatic rings. The maximum absolute atomic E-state index is 10.3. The molecule has 0 bridgehead atoms. The van der Waals surface area contributed by atoms with E-state index < -0.39 is 6.16 Å². The molecule has 0 spiro atoms. The van der Waals surface area contributed by atoms with Crippen molar-refractivity contribution in [3.8, 4) is 0 Å². The molecule has 0 saturated carbocycles. The lowest BCUT2D eigenvalue weighted by atomic mass is 9.83. The molecule has 0 amide bonds. The van der Waals surface area contributed by atoms with E-state index >= 15 is 0 Å². The largest absolute Gasteiger partial charge is 0.505 e.